The highest BCUT2D eigenvalue weighted by molar-refractivity contribution is 6.31. The van der Waals surface area contributed by atoms with Crippen molar-refractivity contribution in [2.45, 2.75) is 26.2 Å². The van der Waals surface area contributed by atoms with Gasteiger partial charge >= 0.3 is 5.97 Å². The van der Waals surface area contributed by atoms with Gasteiger partial charge in [0.2, 0.25) is 0 Å². The minimum atomic E-state index is -1.16. The van der Waals surface area contributed by atoms with Crippen LogP contribution in [0.15, 0.2) is 12.1 Å². The smallest absolute Gasteiger partial charge is 0.339 e. The molecule has 0 saturated heterocycles. The van der Waals surface area contributed by atoms with Gasteiger partial charge in [-0.05, 0) is 23.1 Å². The quantitative estimate of drug-likeness (QED) is 0.777. The molecule has 0 aromatic heterocycles. The standard InChI is InChI=1S/C11H13ClO3/c1-11(2,3)7-4-6(10(14)15)9(13)5-8(7)12/h4-5,13H,1-3H3,(H,14,15). The predicted octanol–water partition coefficient (Wildman–Crippen LogP) is 3.04. The Kier molecular flexibility index (Phi) is 2.95. The number of phenols is 1. The molecule has 0 atom stereocenters. The number of carboxylic acids is 1. The van der Waals surface area contributed by atoms with Gasteiger partial charge in [-0.15, -0.1) is 0 Å². The van der Waals surface area contributed by atoms with Crippen LogP contribution in [0, 0.1) is 0 Å². The van der Waals surface area contributed by atoms with Crippen molar-refractivity contribution in [3.05, 3.63) is 28.3 Å². The molecule has 82 valence electrons. The van der Waals surface area contributed by atoms with Crippen LogP contribution in [0.3, 0.4) is 0 Å². The molecule has 1 aromatic carbocycles. The number of hydrogen-bond acceptors (Lipinski definition) is 2. The summed E-state index contributed by atoms with van der Waals surface area (Å²) in [6, 6.07) is 2.69. The van der Waals surface area contributed by atoms with E-state index >= 15 is 0 Å². The topological polar surface area (TPSA) is 57.5 Å². The molecule has 0 bridgehead atoms. The van der Waals surface area contributed by atoms with Crippen LogP contribution >= 0.6 is 11.6 Å². The van der Waals surface area contributed by atoms with E-state index in [1.54, 1.807) is 0 Å². The van der Waals surface area contributed by atoms with E-state index in [0.29, 0.717) is 10.6 Å². The lowest BCUT2D eigenvalue weighted by Gasteiger charge is -2.21. The van der Waals surface area contributed by atoms with Crippen LogP contribution in [-0.4, -0.2) is 16.2 Å². The highest BCUT2D eigenvalue weighted by Gasteiger charge is 2.21. The van der Waals surface area contributed by atoms with E-state index in [4.69, 9.17) is 16.7 Å². The summed E-state index contributed by atoms with van der Waals surface area (Å²) >= 11 is 5.94. The molecule has 0 aliphatic heterocycles. The Labute approximate surface area is 93.3 Å². The third-order valence-electron chi connectivity index (χ3n) is 2.12. The number of carboxylic acid groups (broad SMARTS) is 1. The molecule has 1 aromatic rings. The maximum Gasteiger partial charge on any atom is 0.339 e. The van der Waals surface area contributed by atoms with Gasteiger partial charge in [-0.1, -0.05) is 32.4 Å². The number of aromatic hydroxyl groups is 1. The van der Waals surface area contributed by atoms with Crippen molar-refractivity contribution in [2.75, 3.05) is 0 Å². The normalized spacial score (nSPS) is 11.5. The van der Waals surface area contributed by atoms with E-state index in [2.05, 4.69) is 0 Å². The monoisotopic (exact) mass is 228 g/mol. The van der Waals surface area contributed by atoms with Crippen molar-refractivity contribution in [3.8, 4) is 5.75 Å². The Bertz CT molecular complexity index is 405. The third-order valence-corrected chi connectivity index (χ3v) is 2.44. The summed E-state index contributed by atoms with van der Waals surface area (Å²) in [5.41, 5.74) is 0.332. The summed E-state index contributed by atoms with van der Waals surface area (Å²) in [5, 5.41) is 18.6. The van der Waals surface area contributed by atoms with Gasteiger partial charge in [-0.3, -0.25) is 0 Å². The first kappa shape index (κ1) is 11.9. The van der Waals surface area contributed by atoms with Crippen LogP contribution in [0.1, 0.15) is 36.7 Å². The fraction of sp³-hybridized carbons (Fsp3) is 0.364. The summed E-state index contributed by atoms with van der Waals surface area (Å²) in [5.74, 6) is -1.46. The third kappa shape index (κ3) is 2.42. The lowest BCUT2D eigenvalue weighted by Crippen LogP contribution is -2.13. The van der Waals surface area contributed by atoms with Crippen molar-refractivity contribution in [1.29, 1.82) is 0 Å². The van der Waals surface area contributed by atoms with Crippen LogP contribution < -0.4 is 0 Å². The number of hydrogen-bond donors (Lipinski definition) is 2. The van der Waals surface area contributed by atoms with Gasteiger partial charge in [0.25, 0.3) is 0 Å². The second-order valence-corrected chi connectivity index (χ2v) is 4.81. The highest BCUT2D eigenvalue weighted by atomic mass is 35.5. The van der Waals surface area contributed by atoms with Gasteiger partial charge in [0.05, 0.1) is 0 Å². The van der Waals surface area contributed by atoms with Gasteiger partial charge in [0.1, 0.15) is 11.3 Å². The molecule has 0 aliphatic rings. The molecule has 0 fully saturated rings. The van der Waals surface area contributed by atoms with E-state index in [9.17, 15) is 9.90 Å². The molecule has 0 radical (unpaired) electrons. The minimum Gasteiger partial charge on any atom is -0.507 e. The zero-order chi connectivity index (χ0) is 11.8. The molecular formula is C11H13ClO3. The Balaban J connectivity index is 3.43. The molecule has 3 nitrogen and oxygen atoms in total. The van der Waals surface area contributed by atoms with Crippen molar-refractivity contribution in [2.24, 2.45) is 0 Å². The molecule has 0 heterocycles. The van der Waals surface area contributed by atoms with Crippen LogP contribution in [0.2, 0.25) is 5.02 Å². The van der Waals surface area contributed by atoms with Gasteiger partial charge in [-0.25, -0.2) is 4.79 Å². The number of halogens is 1. The Morgan fingerprint density at radius 1 is 1.33 bits per heavy atom. The average molecular weight is 229 g/mol. The van der Waals surface area contributed by atoms with E-state index in [0.717, 1.165) is 0 Å². The van der Waals surface area contributed by atoms with Gasteiger partial charge in [-0.2, -0.15) is 0 Å². The summed E-state index contributed by atoms with van der Waals surface area (Å²) in [4.78, 5) is 10.8. The zero-order valence-electron chi connectivity index (χ0n) is 8.84. The summed E-state index contributed by atoms with van der Waals surface area (Å²) in [7, 11) is 0. The largest absolute Gasteiger partial charge is 0.507 e. The fourth-order valence-corrected chi connectivity index (χ4v) is 1.75. The van der Waals surface area contributed by atoms with E-state index in [1.807, 2.05) is 20.8 Å². The summed E-state index contributed by atoms with van der Waals surface area (Å²) < 4.78 is 0. The molecular weight excluding hydrogens is 216 g/mol. The van der Waals surface area contributed by atoms with E-state index in [1.165, 1.54) is 12.1 Å². The number of benzene rings is 1. The lowest BCUT2D eigenvalue weighted by molar-refractivity contribution is 0.0693. The maximum absolute atomic E-state index is 10.8. The predicted molar refractivity (Wildman–Crippen MR) is 58.8 cm³/mol. The first-order valence-electron chi connectivity index (χ1n) is 4.50. The SMILES string of the molecule is CC(C)(C)c1cc(C(=O)O)c(O)cc1Cl. The molecule has 0 amide bonds. The zero-order valence-corrected chi connectivity index (χ0v) is 9.59. The van der Waals surface area contributed by atoms with Crippen LogP contribution in [0.25, 0.3) is 0 Å². The molecule has 4 heteroatoms. The molecule has 0 spiro atoms. The van der Waals surface area contributed by atoms with E-state index in [-0.39, 0.29) is 16.7 Å². The Morgan fingerprint density at radius 2 is 1.87 bits per heavy atom. The van der Waals surface area contributed by atoms with Crippen molar-refractivity contribution >= 4 is 17.6 Å². The van der Waals surface area contributed by atoms with Crippen molar-refractivity contribution in [1.82, 2.24) is 0 Å². The average Bonchev–Trinajstić information content (AvgIpc) is 2.00. The van der Waals surface area contributed by atoms with Gasteiger partial charge < -0.3 is 10.2 Å². The minimum absolute atomic E-state index is 0.121. The fourth-order valence-electron chi connectivity index (χ4n) is 1.31. The maximum atomic E-state index is 10.8. The first-order valence-corrected chi connectivity index (χ1v) is 4.87. The summed E-state index contributed by atoms with van der Waals surface area (Å²) in [6.07, 6.45) is 0. The second kappa shape index (κ2) is 3.74. The molecule has 0 saturated carbocycles. The first-order chi connectivity index (χ1) is 6.73. The Hall–Kier alpha value is -1.22. The van der Waals surface area contributed by atoms with Crippen LogP contribution in [-0.2, 0) is 5.41 Å². The molecule has 15 heavy (non-hydrogen) atoms. The number of aromatic carboxylic acids is 1. The number of carbonyl (C=O) groups is 1. The van der Waals surface area contributed by atoms with E-state index < -0.39 is 5.97 Å². The van der Waals surface area contributed by atoms with Crippen LogP contribution in [0.4, 0.5) is 0 Å². The molecule has 1 rings (SSSR count). The van der Waals surface area contributed by atoms with Crippen LogP contribution in [0.5, 0.6) is 5.75 Å². The second-order valence-electron chi connectivity index (χ2n) is 4.40. The van der Waals surface area contributed by atoms with Crippen molar-refractivity contribution < 1.29 is 15.0 Å². The molecule has 2 N–H and O–H groups in total. The van der Waals surface area contributed by atoms with Gasteiger partial charge in [0.15, 0.2) is 0 Å². The van der Waals surface area contributed by atoms with Crippen molar-refractivity contribution in [3.63, 3.8) is 0 Å². The Morgan fingerprint density at radius 3 is 2.27 bits per heavy atom. The molecule has 0 aliphatic carbocycles. The number of rotatable bonds is 1. The summed E-state index contributed by atoms with van der Waals surface area (Å²) in [6.45, 7) is 5.78. The highest BCUT2D eigenvalue weighted by Crippen LogP contribution is 2.34. The van der Waals surface area contributed by atoms with Gasteiger partial charge in [0, 0.05) is 5.02 Å². The lowest BCUT2D eigenvalue weighted by atomic mass is 9.86. The molecule has 0 unspecified atom stereocenters.